The number of carbonyl (C=O) groups is 1. The molecule has 0 aliphatic heterocycles. The lowest BCUT2D eigenvalue weighted by Crippen LogP contribution is -2.41. The molecule has 0 aromatic rings. The highest BCUT2D eigenvalue weighted by atomic mass is 16.4. The van der Waals surface area contributed by atoms with Crippen molar-refractivity contribution in [3.63, 3.8) is 0 Å². The zero-order chi connectivity index (χ0) is 12.6. The molecule has 0 spiro atoms. The SMILES string of the molecule is CCCCN(CC)CC(C)(CCC)C(=O)O. The molecular formula is C13H27NO2. The molecule has 0 aliphatic rings. The summed E-state index contributed by atoms with van der Waals surface area (Å²) in [6.07, 6.45) is 3.99. The van der Waals surface area contributed by atoms with Crippen LogP contribution in [0.5, 0.6) is 0 Å². The second-order valence-electron chi connectivity index (χ2n) is 4.84. The second kappa shape index (κ2) is 7.66. The first-order valence-corrected chi connectivity index (χ1v) is 6.45. The van der Waals surface area contributed by atoms with E-state index in [0.29, 0.717) is 6.54 Å². The van der Waals surface area contributed by atoms with Gasteiger partial charge in [0.1, 0.15) is 0 Å². The maximum Gasteiger partial charge on any atom is 0.310 e. The van der Waals surface area contributed by atoms with Crippen molar-refractivity contribution in [3.8, 4) is 0 Å². The number of hydrogen-bond acceptors (Lipinski definition) is 2. The first-order valence-electron chi connectivity index (χ1n) is 6.45. The molecule has 0 aliphatic carbocycles. The van der Waals surface area contributed by atoms with Crippen LogP contribution in [0.3, 0.4) is 0 Å². The molecule has 0 saturated heterocycles. The third kappa shape index (κ3) is 4.97. The molecular weight excluding hydrogens is 202 g/mol. The quantitative estimate of drug-likeness (QED) is 0.660. The average Bonchev–Trinajstić information content (AvgIpc) is 2.24. The molecule has 1 unspecified atom stereocenters. The smallest absolute Gasteiger partial charge is 0.310 e. The summed E-state index contributed by atoms with van der Waals surface area (Å²) in [5, 5.41) is 9.31. The van der Waals surface area contributed by atoms with Crippen LogP contribution < -0.4 is 0 Å². The van der Waals surface area contributed by atoms with Gasteiger partial charge in [-0.25, -0.2) is 0 Å². The molecule has 0 radical (unpaired) electrons. The minimum atomic E-state index is -0.663. The van der Waals surface area contributed by atoms with Crippen molar-refractivity contribution >= 4 is 5.97 Å². The van der Waals surface area contributed by atoms with Crippen molar-refractivity contribution in [2.24, 2.45) is 5.41 Å². The molecule has 1 N–H and O–H groups in total. The van der Waals surface area contributed by atoms with Crippen molar-refractivity contribution in [3.05, 3.63) is 0 Å². The lowest BCUT2D eigenvalue weighted by atomic mass is 9.85. The zero-order valence-corrected chi connectivity index (χ0v) is 11.3. The van der Waals surface area contributed by atoms with E-state index < -0.39 is 11.4 Å². The minimum Gasteiger partial charge on any atom is -0.481 e. The third-order valence-electron chi connectivity index (χ3n) is 3.17. The Hall–Kier alpha value is -0.570. The zero-order valence-electron chi connectivity index (χ0n) is 11.3. The van der Waals surface area contributed by atoms with Crippen molar-refractivity contribution < 1.29 is 9.90 Å². The maximum atomic E-state index is 11.3. The lowest BCUT2D eigenvalue weighted by molar-refractivity contribution is -0.149. The van der Waals surface area contributed by atoms with E-state index in [1.54, 1.807) is 0 Å². The number of carboxylic acid groups (broad SMARTS) is 1. The molecule has 0 amide bonds. The summed E-state index contributed by atoms with van der Waals surface area (Å²) in [7, 11) is 0. The van der Waals surface area contributed by atoms with Gasteiger partial charge >= 0.3 is 5.97 Å². The van der Waals surface area contributed by atoms with Crippen LogP contribution in [0.1, 0.15) is 53.4 Å². The summed E-state index contributed by atoms with van der Waals surface area (Å²) in [5.74, 6) is -0.663. The summed E-state index contributed by atoms with van der Waals surface area (Å²) in [6.45, 7) is 10.8. The summed E-state index contributed by atoms with van der Waals surface area (Å²) >= 11 is 0. The average molecular weight is 229 g/mol. The van der Waals surface area contributed by atoms with E-state index in [0.717, 1.165) is 38.8 Å². The summed E-state index contributed by atoms with van der Waals surface area (Å²) in [4.78, 5) is 13.6. The predicted octanol–water partition coefficient (Wildman–Crippen LogP) is 3.00. The van der Waals surface area contributed by atoms with Crippen LogP contribution in [-0.4, -0.2) is 35.6 Å². The van der Waals surface area contributed by atoms with Gasteiger partial charge in [0.05, 0.1) is 5.41 Å². The van der Waals surface area contributed by atoms with E-state index in [9.17, 15) is 9.90 Å². The Balaban J connectivity index is 4.40. The van der Waals surface area contributed by atoms with Crippen LogP contribution in [0.25, 0.3) is 0 Å². The molecule has 0 heterocycles. The van der Waals surface area contributed by atoms with Gasteiger partial charge in [-0.1, -0.05) is 33.6 Å². The van der Waals surface area contributed by atoms with Gasteiger partial charge < -0.3 is 10.0 Å². The van der Waals surface area contributed by atoms with Crippen LogP contribution in [0.2, 0.25) is 0 Å². The lowest BCUT2D eigenvalue weighted by Gasteiger charge is -2.31. The Kier molecular flexibility index (Phi) is 7.39. The molecule has 0 saturated carbocycles. The van der Waals surface area contributed by atoms with Gasteiger partial charge in [0.25, 0.3) is 0 Å². The van der Waals surface area contributed by atoms with E-state index in [4.69, 9.17) is 0 Å². The molecule has 0 rings (SSSR count). The van der Waals surface area contributed by atoms with E-state index in [-0.39, 0.29) is 0 Å². The normalized spacial score (nSPS) is 15.1. The molecule has 0 aromatic carbocycles. The summed E-state index contributed by atoms with van der Waals surface area (Å²) < 4.78 is 0. The van der Waals surface area contributed by atoms with Crippen molar-refractivity contribution in [1.29, 1.82) is 0 Å². The molecule has 0 bridgehead atoms. The Morgan fingerprint density at radius 2 is 1.88 bits per heavy atom. The number of hydrogen-bond donors (Lipinski definition) is 1. The maximum absolute atomic E-state index is 11.3. The Labute approximate surface area is 99.8 Å². The first-order chi connectivity index (χ1) is 7.50. The number of unbranched alkanes of at least 4 members (excludes halogenated alkanes) is 1. The largest absolute Gasteiger partial charge is 0.481 e. The van der Waals surface area contributed by atoms with Crippen LogP contribution in [0.15, 0.2) is 0 Å². The van der Waals surface area contributed by atoms with Gasteiger partial charge in [-0.15, -0.1) is 0 Å². The third-order valence-corrected chi connectivity index (χ3v) is 3.17. The van der Waals surface area contributed by atoms with Crippen LogP contribution >= 0.6 is 0 Å². The van der Waals surface area contributed by atoms with Gasteiger partial charge in [0.2, 0.25) is 0 Å². The summed E-state index contributed by atoms with van der Waals surface area (Å²) in [6, 6.07) is 0. The van der Waals surface area contributed by atoms with E-state index in [2.05, 4.69) is 18.7 Å². The van der Waals surface area contributed by atoms with E-state index >= 15 is 0 Å². The molecule has 3 nitrogen and oxygen atoms in total. The Morgan fingerprint density at radius 3 is 2.25 bits per heavy atom. The fourth-order valence-electron chi connectivity index (χ4n) is 2.03. The first kappa shape index (κ1) is 15.4. The fraction of sp³-hybridized carbons (Fsp3) is 0.923. The Bertz CT molecular complexity index is 206. The van der Waals surface area contributed by atoms with Gasteiger partial charge in [0, 0.05) is 6.54 Å². The number of aliphatic carboxylic acids is 1. The van der Waals surface area contributed by atoms with Crippen LogP contribution in [0.4, 0.5) is 0 Å². The molecule has 96 valence electrons. The predicted molar refractivity (Wildman–Crippen MR) is 67.7 cm³/mol. The van der Waals surface area contributed by atoms with Gasteiger partial charge in [-0.3, -0.25) is 4.79 Å². The minimum absolute atomic E-state index is 0.585. The number of rotatable bonds is 9. The number of carboxylic acids is 1. The van der Waals surface area contributed by atoms with Crippen LogP contribution in [-0.2, 0) is 4.79 Å². The van der Waals surface area contributed by atoms with Gasteiger partial charge in [-0.05, 0) is 32.9 Å². The van der Waals surface area contributed by atoms with Gasteiger partial charge in [-0.2, -0.15) is 0 Å². The second-order valence-corrected chi connectivity index (χ2v) is 4.84. The Morgan fingerprint density at radius 1 is 1.25 bits per heavy atom. The van der Waals surface area contributed by atoms with E-state index in [1.807, 2.05) is 13.8 Å². The molecule has 0 fully saturated rings. The van der Waals surface area contributed by atoms with Crippen molar-refractivity contribution in [2.45, 2.75) is 53.4 Å². The molecule has 0 aromatic heterocycles. The van der Waals surface area contributed by atoms with Gasteiger partial charge in [0.15, 0.2) is 0 Å². The molecule has 16 heavy (non-hydrogen) atoms. The van der Waals surface area contributed by atoms with Crippen LogP contribution in [0, 0.1) is 5.41 Å². The van der Waals surface area contributed by atoms with Crippen molar-refractivity contribution in [2.75, 3.05) is 19.6 Å². The highest BCUT2D eigenvalue weighted by molar-refractivity contribution is 5.74. The molecule has 1 atom stereocenters. The highest BCUT2D eigenvalue weighted by Crippen LogP contribution is 2.25. The van der Waals surface area contributed by atoms with Crippen molar-refractivity contribution in [1.82, 2.24) is 4.90 Å². The topological polar surface area (TPSA) is 40.5 Å². The molecule has 3 heteroatoms. The summed E-state index contributed by atoms with van der Waals surface area (Å²) in [5.41, 5.74) is -0.585. The fourth-order valence-corrected chi connectivity index (χ4v) is 2.03. The van der Waals surface area contributed by atoms with E-state index in [1.165, 1.54) is 0 Å². The monoisotopic (exact) mass is 229 g/mol. The highest BCUT2D eigenvalue weighted by Gasteiger charge is 2.33. The number of nitrogens with zero attached hydrogens (tertiary/aromatic N) is 1. The standard InChI is InChI=1S/C13H27NO2/c1-5-8-10-14(7-3)11-13(4,9-6-2)12(15)16/h5-11H2,1-4H3,(H,15,16).